The van der Waals surface area contributed by atoms with Gasteiger partial charge in [0.05, 0.1) is 18.0 Å². The van der Waals surface area contributed by atoms with Gasteiger partial charge >= 0.3 is 0 Å². The largest absolute Gasteiger partial charge is 0.349 e. The Bertz CT molecular complexity index is 803. The summed E-state index contributed by atoms with van der Waals surface area (Å²) in [6, 6.07) is 9.39. The van der Waals surface area contributed by atoms with Crippen LogP contribution in [0.5, 0.6) is 0 Å². The Labute approximate surface area is 141 Å². The highest BCUT2D eigenvalue weighted by Crippen LogP contribution is 2.28. The summed E-state index contributed by atoms with van der Waals surface area (Å²) >= 11 is 7.33. The fraction of sp³-hybridized carbons (Fsp3) is 0.200. The van der Waals surface area contributed by atoms with E-state index in [1.54, 1.807) is 5.51 Å². The van der Waals surface area contributed by atoms with Crippen molar-refractivity contribution >= 4 is 28.8 Å². The number of carbonyl (C=O) groups excluding carboxylic acids is 1. The van der Waals surface area contributed by atoms with Crippen molar-refractivity contribution in [3.8, 4) is 11.5 Å². The number of halogens is 1. The van der Waals surface area contributed by atoms with Gasteiger partial charge in [0.1, 0.15) is 10.0 Å². The molecular formula is C15H13ClN4O2S. The predicted molar refractivity (Wildman–Crippen MR) is 87.1 cm³/mol. The molecule has 0 aliphatic carbocycles. The first-order valence-electron chi connectivity index (χ1n) is 6.87. The summed E-state index contributed by atoms with van der Waals surface area (Å²) in [6.45, 7) is 1.48. The first-order chi connectivity index (χ1) is 11.1. The van der Waals surface area contributed by atoms with Gasteiger partial charge in [-0.1, -0.05) is 47.1 Å². The van der Waals surface area contributed by atoms with E-state index in [0.29, 0.717) is 28.2 Å². The monoisotopic (exact) mass is 348 g/mol. The minimum Gasteiger partial charge on any atom is -0.349 e. The molecule has 0 saturated heterocycles. The third-order valence-electron chi connectivity index (χ3n) is 3.16. The minimum absolute atomic E-state index is 0.124. The van der Waals surface area contributed by atoms with Crippen LogP contribution < -0.4 is 5.32 Å². The van der Waals surface area contributed by atoms with Crippen LogP contribution in [-0.2, 0) is 11.2 Å². The smallest absolute Gasteiger partial charge is 0.229 e. The summed E-state index contributed by atoms with van der Waals surface area (Å²) in [6.07, 6.45) is 0.387. The Morgan fingerprint density at radius 2 is 2.17 bits per heavy atom. The van der Waals surface area contributed by atoms with E-state index in [2.05, 4.69) is 20.4 Å². The quantitative estimate of drug-likeness (QED) is 0.765. The highest BCUT2D eigenvalue weighted by Gasteiger charge is 2.19. The maximum atomic E-state index is 11.5. The Hall–Kier alpha value is -2.25. The molecule has 1 amide bonds. The maximum absolute atomic E-state index is 11.5. The summed E-state index contributed by atoms with van der Waals surface area (Å²) in [5.41, 5.74) is 3.09. The van der Waals surface area contributed by atoms with E-state index in [0.717, 1.165) is 5.56 Å². The molecule has 3 aromatic rings. The number of hydrogen-bond donors (Lipinski definition) is 1. The van der Waals surface area contributed by atoms with Crippen LogP contribution in [0.15, 0.2) is 40.4 Å². The lowest BCUT2D eigenvalue weighted by molar-refractivity contribution is -0.119. The molecule has 0 bridgehead atoms. The Morgan fingerprint density at radius 1 is 1.39 bits per heavy atom. The Kier molecular flexibility index (Phi) is 4.68. The van der Waals surface area contributed by atoms with Gasteiger partial charge in [0.15, 0.2) is 0 Å². The molecular weight excluding hydrogens is 336 g/mol. The van der Waals surface area contributed by atoms with Crippen LogP contribution in [0, 0.1) is 0 Å². The lowest BCUT2D eigenvalue weighted by Crippen LogP contribution is -2.27. The average Bonchev–Trinajstić information content (AvgIpc) is 3.16. The molecule has 0 aliphatic rings. The van der Waals surface area contributed by atoms with Gasteiger partial charge in [-0.2, -0.15) is 4.98 Å². The molecule has 0 aliphatic heterocycles. The van der Waals surface area contributed by atoms with E-state index in [1.165, 1.54) is 18.3 Å². The van der Waals surface area contributed by atoms with Gasteiger partial charge in [-0.15, -0.1) is 11.3 Å². The second kappa shape index (κ2) is 6.89. The van der Waals surface area contributed by atoms with E-state index >= 15 is 0 Å². The number of rotatable bonds is 5. The molecule has 1 N–H and O–H groups in total. The van der Waals surface area contributed by atoms with Crippen molar-refractivity contribution in [3.05, 3.63) is 51.6 Å². The highest BCUT2D eigenvalue weighted by atomic mass is 35.5. The number of amides is 1. The van der Waals surface area contributed by atoms with E-state index in [9.17, 15) is 4.79 Å². The van der Waals surface area contributed by atoms with Crippen molar-refractivity contribution in [1.82, 2.24) is 20.4 Å². The highest BCUT2D eigenvalue weighted by molar-refractivity contribution is 7.14. The second-order valence-electron chi connectivity index (χ2n) is 4.85. The summed E-state index contributed by atoms with van der Waals surface area (Å²) in [7, 11) is 0. The average molecular weight is 349 g/mol. The number of aromatic nitrogens is 3. The van der Waals surface area contributed by atoms with Gasteiger partial charge in [0, 0.05) is 6.92 Å². The van der Waals surface area contributed by atoms with Crippen molar-refractivity contribution in [3.63, 3.8) is 0 Å². The van der Waals surface area contributed by atoms with Crippen LogP contribution in [0.3, 0.4) is 0 Å². The summed E-state index contributed by atoms with van der Waals surface area (Å²) in [4.78, 5) is 19.9. The zero-order valence-corrected chi connectivity index (χ0v) is 13.8. The second-order valence-corrected chi connectivity index (χ2v) is 6.31. The van der Waals surface area contributed by atoms with Crippen LogP contribution in [0.4, 0.5) is 0 Å². The lowest BCUT2D eigenvalue weighted by atomic mass is 10.0. The number of thiazole rings is 1. The van der Waals surface area contributed by atoms with Crippen molar-refractivity contribution in [1.29, 1.82) is 0 Å². The molecule has 1 atom stereocenters. The third kappa shape index (κ3) is 3.75. The molecule has 0 spiro atoms. The topological polar surface area (TPSA) is 80.9 Å². The number of nitrogens with one attached hydrogen (secondary N) is 1. The lowest BCUT2D eigenvalue weighted by Gasteiger charge is -2.16. The fourth-order valence-electron chi connectivity index (χ4n) is 2.17. The van der Waals surface area contributed by atoms with Crippen LogP contribution in [0.1, 0.15) is 24.4 Å². The molecule has 3 rings (SSSR count). The van der Waals surface area contributed by atoms with Crippen LogP contribution in [-0.4, -0.2) is 21.0 Å². The Balaban J connectivity index is 1.82. The molecule has 2 aromatic heterocycles. The van der Waals surface area contributed by atoms with Gasteiger partial charge in [-0.25, -0.2) is 4.98 Å². The van der Waals surface area contributed by atoms with Gasteiger partial charge < -0.3 is 9.84 Å². The molecule has 0 fully saturated rings. The van der Waals surface area contributed by atoms with E-state index in [4.69, 9.17) is 16.1 Å². The SMILES string of the molecule is CC(=O)NC(Cc1nc(-c2ncsc2Cl)no1)c1ccccc1. The van der Waals surface area contributed by atoms with E-state index in [-0.39, 0.29) is 11.9 Å². The fourth-order valence-corrected chi connectivity index (χ4v) is 2.93. The minimum atomic E-state index is -0.243. The number of hydrogen-bond acceptors (Lipinski definition) is 6. The van der Waals surface area contributed by atoms with Gasteiger partial charge in [0.25, 0.3) is 0 Å². The van der Waals surface area contributed by atoms with Crippen LogP contribution >= 0.6 is 22.9 Å². The first-order valence-corrected chi connectivity index (χ1v) is 8.13. The van der Waals surface area contributed by atoms with Gasteiger partial charge in [-0.3, -0.25) is 4.79 Å². The summed E-state index contributed by atoms with van der Waals surface area (Å²) in [5, 5.41) is 6.80. The molecule has 23 heavy (non-hydrogen) atoms. The molecule has 1 unspecified atom stereocenters. The van der Waals surface area contributed by atoms with Crippen molar-refractivity contribution < 1.29 is 9.32 Å². The van der Waals surface area contributed by atoms with Crippen molar-refractivity contribution in [2.24, 2.45) is 0 Å². The number of benzene rings is 1. The molecule has 6 nitrogen and oxygen atoms in total. The third-order valence-corrected chi connectivity index (χ3v) is 4.22. The number of nitrogens with zero attached hydrogens (tertiary/aromatic N) is 3. The Morgan fingerprint density at radius 3 is 2.83 bits per heavy atom. The molecule has 118 valence electrons. The predicted octanol–water partition coefficient (Wildman–Crippen LogP) is 3.27. The zero-order valence-electron chi connectivity index (χ0n) is 12.2. The van der Waals surface area contributed by atoms with Gasteiger partial charge in [0.2, 0.25) is 17.6 Å². The van der Waals surface area contributed by atoms with E-state index in [1.807, 2.05) is 30.3 Å². The molecule has 2 heterocycles. The van der Waals surface area contributed by atoms with Gasteiger partial charge in [-0.05, 0) is 5.56 Å². The van der Waals surface area contributed by atoms with Crippen molar-refractivity contribution in [2.45, 2.75) is 19.4 Å². The van der Waals surface area contributed by atoms with E-state index < -0.39 is 0 Å². The van der Waals surface area contributed by atoms with Crippen molar-refractivity contribution in [2.75, 3.05) is 0 Å². The normalized spacial score (nSPS) is 12.1. The standard InChI is InChI=1S/C15H13ClN4O2S/c1-9(21)18-11(10-5-3-2-4-6-10)7-12-19-15(20-22-12)13-14(16)23-8-17-13/h2-6,8,11H,7H2,1H3,(H,18,21). The first kappa shape index (κ1) is 15.6. The summed E-state index contributed by atoms with van der Waals surface area (Å²) in [5.74, 6) is 0.633. The van der Waals surface area contributed by atoms with Crippen LogP contribution in [0.2, 0.25) is 4.34 Å². The van der Waals surface area contributed by atoms with Crippen LogP contribution in [0.25, 0.3) is 11.5 Å². The maximum Gasteiger partial charge on any atom is 0.229 e. The zero-order chi connectivity index (χ0) is 16.2. The molecule has 0 radical (unpaired) electrons. The molecule has 0 saturated carbocycles. The molecule has 1 aromatic carbocycles. The number of carbonyl (C=O) groups is 1. The summed E-state index contributed by atoms with van der Waals surface area (Å²) < 4.78 is 5.78. The molecule has 8 heteroatoms.